The molecule has 1 heterocycles. The first-order valence-electron chi connectivity index (χ1n) is 6.03. The minimum absolute atomic E-state index is 0.226. The predicted octanol–water partition coefficient (Wildman–Crippen LogP) is 1.23. The van der Waals surface area contributed by atoms with Crippen LogP contribution >= 0.6 is 0 Å². The quantitative estimate of drug-likeness (QED) is 0.888. The lowest BCUT2D eigenvalue weighted by molar-refractivity contribution is 0.574. The van der Waals surface area contributed by atoms with E-state index in [1.165, 1.54) is 0 Å². The highest BCUT2D eigenvalue weighted by atomic mass is 32.2. The molecule has 1 unspecified atom stereocenters. The number of benzene rings is 1. The van der Waals surface area contributed by atoms with Crippen LogP contribution in [0.15, 0.2) is 24.3 Å². The van der Waals surface area contributed by atoms with Crippen molar-refractivity contribution in [2.45, 2.75) is 24.6 Å². The third-order valence-corrected chi connectivity index (χ3v) is 5.52. The maximum atomic E-state index is 11.6. The highest BCUT2D eigenvalue weighted by molar-refractivity contribution is 7.92. The van der Waals surface area contributed by atoms with E-state index in [-0.39, 0.29) is 5.25 Å². The van der Waals surface area contributed by atoms with E-state index in [2.05, 4.69) is 11.4 Å². The van der Waals surface area contributed by atoms with Crippen LogP contribution < -0.4 is 5.32 Å². The third kappa shape index (κ3) is 3.09. The van der Waals surface area contributed by atoms with Gasteiger partial charge >= 0.3 is 0 Å². The van der Waals surface area contributed by atoms with E-state index in [0.717, 1.165) is 18.4 Å². The molecule has 4 nitrogen and oxygen atoms in total. The molecule has 5 heteroatoms. The van der Waals surface area contributed by atoms with Gasteiger partial charge in [0.2, 0.25) is 0 Å². The van der Waals surface area contributed by atoms with Gasteiger partial charge in [0.25, 0.3) is 0 Å². The molecule has 1 aromatic carbocycles. The van der Waals surface area contributed by atoms with Gasteiger partial charge in [-0.05, 0) is 30.5 Å². The topological polar surface area (TPSA) is 70.0 Å². The molecule has 2 rings (SSSR count). The summed E-state index contributed by atoms with van der Waals surface area (Å²) in [7, 11) is -2.86. The molecule has 0 saturated carbocycles. The standard InChI is InChI=1S/C13H16N2O2S/c14-8-11-3-5-12(6-4-11)9-15-10-13-2-1-7-18(13,16)17/h3-6,13,15H,1-2,7,9-10H2. The lowest BCUT2D eigenvalue weighted by Crippen LogP contribution is -2.30. The molecule has 1 fully saturated rings. The highest BCUT2D eigenvalue weighted by Gasteiger charge is 2.30. The fourth-order valence-corrected chi connectivity index (χ4v) is 3.96. The molecule has 0 bridgehead atoms. The summed E-state index contributed by atoms with van der Waals surface area (Å²) in [6.45, 7) is 1.15. The van der Waals surface area contributed by atoms with Gasteiger partial charge in [-0.1, -0.05) is 12.1 Å². The van der Waals surface area contributed by atoms with Crippen molar-refractivity contribution in [3.8, 4) is 6.07 Å². The summed E-state index contributed by atoms with van der Waals surface area (Å²) in [4.78, 5) is 0. The summed E-state index contributed by atoms with van der Waals surface area (Å²) in [6, 6.07) is 9.37. The van der Waals surface area contributed by atoms with E-state index in [4.69, 9.17) is 5.26 Å². The van der Waals surface area contributed by atoms with Gasteiger partial charge in [0.15, 0.2) is 9.84 Å². The number of rotatable bonds is 4. The first-order chi connectivity index (χ1) is 8.62. The average molecular weight is 264 g/mol. The van der Waals surface area contributed by atoms with Crippen LogP contribution in [0.1, 0.15) is 24.0 Å². The zero-order chi connectivity index (χ0) is 13.0. The second-order valence-corrected chi connectivity index (χ2v) is 6.97. The number of nitrogens with zero attached hydrogens (tertiary/aromatic N) is 1. The van der Waals surface area contributed by atoms with E-state index >= 15 is 0 Å². The summed E-state index contributed by atoms with van der Waals surface area (Å²) < 4.78 is 23.2. The van der Waals surface area contributed by atoms with E-state index in [1.807, 2.05) is 12.1 Å². The molecule has 0 spiro atoms. The van der Waals surface area contributed by atoms with Gasteiger partial charge < -0.3 is 5.32 Å². The van der Waals surface area contributed by atoms with Crippen molar-refractivity contribution in [2.24, 2.45) is 0 Å². The Bertz CT molecular complexity index is 543. The molecule has 1 N–H and O–H groups in total. The van der Waals surface area contributed by atoms with Crippen LogP contribution in [0.4, 0.5) is 0 Å². The van der Waals surface area contributed by atoms with Crippen molar-refractivity contribution in [3.05, 3.63) is 35.4 Å². The molecule has 96 valence electrons. The fourth-order valence-electron chi connectivity index (χ4n) is 2.16. The molecule has 0 radical (unpaired) electrons. The van der Waals surface area contributed by atoms with Crippen LogP contribution in [0, 0.1) is 11.3 Å². The molecular formula is C13H16N2O2S. The zero-order valence-corrected chi connectivity index (χ0v) is 10.9. The molecule has 0 amide bonds. The normalized spacial score (nSPS) is 21.6. The van der Waals surface area contributed by atoms with Crippen molar-refractivity contribution in [3.63, 3.8) is 0 Å². The largest absolute Gasteiger partial charge is 0.311 e. The highest BCUT2D eigenvalue weighted by Crippen LogP contribution is 2.19. The number of hydrogen-bond acceptors (Lipinski definition) is 4. The molecule has 1 saturated heterocycles. The number of nitriles is 1. The summed E-state index contributed by atoms with van der Waals surface area (Å²) >= 11 is 0. The molecular weight excluding hydrogens is 248 g/mol. The number of hydrogen-bond donors (Lipinski definition) is 1. The lowest BCUT2D eigenvalue weighted by atomic mass is 10.1. The lowest BCUT2D eigenvalue weighted by Gasteiger charge is -2.10. The van der Waals surface area contributed by atoms with Crippen LogP contribution in [0.5, 0.6) is 0 Å². The van der Waals surface area contributed by atoms with Gasteiger partial charge in [0.1, 0.15) is 0 Å². The SMILES string of the molecule is N#Cc1ccc(CNCC2CCCS2(=O)=O)cc1. The first kappa shape index (κ1) is 13.1. The Balaban J connectivity index is 1.83. The Morgan fingerprint density at radius 1 is 1.33 bits per heavy atom. The fraction of sp³-hybridized carbons (Fsp3) is 0.462. The summed E-state index contributed by atoms with van der Waals surface area (Å²) in [5.74, 6) is 0.330. The average Bonchev–Trinajstić information content (AvgIpc) is 2.70. The Morgan fingerprint density at radius 2 is 2.06 bits per heavy atom. The van der Waals surface area contributed by atoms with Gasteiger partial charge in [-0.25, -0.2) is 8.42 Å². The smallest absolute Gasteiger partial charge is 0.154 e. The van der Waals surface area contributed by atoms with Gasteiger partial charge in [0, 0.05) is 13.1 Å². The Labute approximate surface area is 108 Å². The molecule has 1 atom stereocenters. The molecule has 18 heavy (non-hydrogen) atoms. The van der Waals surface area contributed by atoms with Crippen LogP contribution in [-0.4, -0.2) is 26.0 Å². The summed E-state index contributed by atoms with van der Waals surface area (Å²) in [5.41, 5.74) is 1.70. The van der Waals surface area contributed by atoms with Gasteiger partial charge in [-0.2, -0.15) is 5.26 Å². The number of sulfone groups is 1. The van der Waals surface area contributed by atoms with E-state index in [0.29, 0.717) is 24.4 Å². The minimum atomic E-state index is -2.86. The van der Waals surface area contributed by atoms with Crippen molar-refractivity contribution in [2.75, 3.05) is 12.3 Å². The maximum absolute atomic E-state index is 11.6. The monoisotopic (exact) mass is 264 g/mol. The zero-order valence-electron chi connectivity index (χ0n) is 10.1. The predicted molar refractivity (Wildman–Crippen MR) is 69.7 cm³/mol. The van der Waals surface area contributed by atoms with Gasteiger partial charge in [0.05, 0.1) is 22.6 Å². The Morgan fingerprint density at radius 3 is 2.61 bits per heavy atom. The summed E-state index contributed by atoms with van der Waals surface area (Å²) in [5, 5.41) is 11.6. The van der Waals surface area contributed by atoms with Crippen LogP contribution in [0.3, 0.4) is 0 Å². The van der Waals surface area contributed by atoms with Gasteiger partial charge in [-0.15, -0.1) is 0 Å². The maximum Gasteiger partial charge on any atom is 0.154 e. The van der Waals surface area contributed by atoms with Gasteiger partial charge in [-0.3, -0.25) is 0 Å². The Hall–Kier alpha value is -1.38. The van der Waals surface area contributed by atoms with Crippen molar-refractivity contribution in [1.29, 1.82) is 5.26 Å². The molecule has 1 aromatic rings. The minimum Gasteiger partial charge on any atom is -0.311 e. The van der Waals surface area contributed by atoms with E-state index in [9.17, 15) is 8.42 Å². The molecule has 0 aromatic heterocycles. The second-order valence-electron chi connectivity index (χ2n) is 4.57. The molecule has 1 aliphatic heterocycles. The van der Waals surface area contributed by atoms with E-state index < -0.39 is 9.84 Å². The third-order valence-electron chi connectivity index (χ3n) is 3.25. The molecule has 1 aliphatic rings. The van der Waals surface area contributed by atoms with Crippen LogP contribution in [-0.2, 0) is 16.4 Å². The van der Waals surface area contributed by atoms with Crippen molar-refractivity contribution in [1.82, 2.24) is 5.32 Å². The summed E-state index contributed by atoms with van der Waals surface area (Å²) in [6.07, 6.45) is 1.55. The second kappa shape index (κ2) is 5.51. The van der Waals surface area contributed by atoms with E-state index in [1.54, 1.807) is 12.1 Å². The number of nitrogens with one attached hydrogen (secondary N) is 1. The first-order valence-corrected chi connectivity index (χ1v) is 7.75. The molecule has 0 aliphatic carbocycles. The van der Waals surface area contributed by atoms with Crippen LogP contribution in [0.25, 0.3) is 0 Å². The Kier molecular flexibility index (Phi) is 4.00. The van der Waals surface area contributed by atoms with Crippen LogP contribution in [0.2, 0.25) is 0 Å². The van der Waals surface area contributed by atoms with Crippen molar-refractivity contribution < 1.29 is 8.42 Å². The van der Waals surface area contributed by atoms with Crippen molar-refractivity contribution >= 4 is 9.84 Å².